The lowest BCUT2D eigenvalue weighted by Crippen LogP contribution is -2.28. The van der Waals surface area contributed by atoms with Gasteiger partial charge >= 0.3 is 5.97 Å². The Labute approximate surface area is 222 Å². The zero-order valence-electron chi connectivity index (χ0n) is 21.4. The summed E-state index contributed by atoms with van der Waals surface area (Å²) in [7, 11) is 0. The summed E-state index contributed by atoms with van der Waals surface area (Å²) < 4.78 is 13.1. The third-order valence-electron chi connectivity index (χ3n) is 6.62. The van der Waals surface area contributed by atoms with Gasteiger partial charge in [-0.15, -0.1) is 0 Å². The first-order valence-corrected chi connectivity index (χ1v) is 12.6. The Morgan fingerprint density at radius 3 is 2.42 bits per heavy atom. The van der Waals surface area contributed by atoms with Crippen LogP contribution in [-0.4, -0.2) is 28.4 Å². The van der Waals surface area contributed by atoms with E-state index >= 15 is 0 Å². The summed E-state index contributed by atoms with van der Waals surface area (Å²) in [5, 5.41) is 12.4. The molecule has 5 nitrogen and oxygen atoms in total. The summed E-state index contributed by atoms with van der Waals surface area (Å²) in [6, 6.07) is 21.0. The molecule has 1 heterocycles. The molecule has 1 aliphatic rings. The predicted octanol–water partition coefficient (Wildman–Crippen LogP) is 6.49. The van der Waals surface area contributed by atoms with Gasteiger partial charge in [-0.2, -0.15) is 0 Å². The number of carboxylic acids is 1. The third kappa shape index (κ3) is 6.65. The van der Waals surface area contributed by atoms with Gasteiger partial charge in [0.25, 0.3) is 0 Å². The van der Waals surface area contributed by atoms with E-state index in [-0.39, 0.29) is 17.3 Å². The molecule has 1 saturated heterocycles. The van der Waals surface area contributed by atoms with Crippen molar-refractivity contribution < 1.29 is 19.1 Å². The van der Waals surface area contributed by atoms with Crippen LogP contribution in [0.5, 0.6) is 0 Å². The highest BCUT2D eigenvalue weighted by Crippen LogP contribution is 2.29. The molecule has 3 aromatic rings. The molecule has 0 saturated carbocycles. The van der Waals surface area contributed by atoms with E-state index in [4.69, 9.17) is 0 Å². The molecule has 0 atom stereocenters. The maximum atomic E-state index is 13.1. The van der Waals surface area contributed by atoms with Gasteiger partial charge in [0, 0.05) is 30.9 Å². The molecule has 0 unspecified atom stereocenters. The zero-order chi connectivity index (χ0) is 27.1. The van der Waals surface area contributed by atoms with Crippen LogP contribution in [0, 0.1) is 5.82 Å². The Bertz CT molecular complexity index is 1390. The molecular weight excluding hydrogens is 479 g/mol. The lowest BCUT2D eigenvalue weighted by atomic mass is 9.97. The van der Waals surface area contributed by atoms with Crippen LogP contribution in [0.3, 0.4) is 0 Å². The molecule has 0 bridgehead atoms. The molecule has 1 aliphatic heterocycles. The third-order valence-corrected chi connectivity index (χ3v) is 6.62. The minimum Gasteiger partial charge on any atom is -0.478 e. The summed E-state index contributed by atoms with van der Waals surface area (Å²) in [6.45, 7) is 7.89. The number of hydrogen-bond acceptors (Lipinski definition) is 3. The first-order valence-electron chi connectivity index (χ1n) is 12.6. The minimum atomic E-state index is -0.946. The van der Waals surface area contributed by atoms with E-state index in [0.29, 0.717) is 24.2 Å². The molecule has 2 N–H and O–H groups in total. The van der Waals surface area contributed by atoms with Gasteiger partial charge in [-0.05, 0) is 71.9 Å². The maximum absolute atomic E-state index is 13.1. The number of allylic oxidation sites excluding steroid dienone is 3. The Kier molecular flexibility index (Phi) is 8.54. The molecule has 1 amide bonds. The molecule has 6 heteroatoms. The molecule has 4 rings (SSSR count). The highest BCUT2D eigenvalue weighted by molar-refractivity contribution is 5.96. The van der Waals surface area contributed by atoms with Gasteiger partial charge < -0.3 is 15.3 Å². The minimum absolute atomic E-state index is 0.184. The van der Waals surface area contributed by atoms with Crippen molar-refractivity contribution in [2.45, 2.75) is 32.9 Å². The Hall–Kier alpha value is -4.45. The fourth-order valence-electron chi connectivity index (χ4n) is 4.48. The Morgan fingerprint density at radius 2 is 1.71 bits per heavy atom. The van der Waals surface area contributed by atoms with Crippen molar-refractivity contribution >= 4 is 11.9 Å². The fraction of sp³-hybridized carbons (Fsp3) is 0.188. The predicted molar refractivity (Wildman–Crippen MR) is 148 cm³/mol. The maximum Gasteiger partial charge on any atom is 0.336 e. The number of halogens is 1. The molecule has 0 spiro atoms. The number of carboxylic acid groups (broad SMARTS) is 1. The number of piperidine rings is 1. The van der Waals surface area contributed by atoms with E-state index < -0.39 is 5.97 Å². The number of amides is 1. The number of nitrogens with one attached hydrogen (secondary N) is 1. The number of aromatic carboxylic acids is 1. The molecule has 0 aromatic heterocycles. The number of nitrogens with zero attached hydrogens (tertiary/aromatic N) is 1. The van der Waals surface area contributed by atoms with Crippen molar-refractivity contribution in [3.8, 4) is 11.1 Å². The van der Waals surface area contributed by atoms with Gasteiger partial charge in [0.15, 0.2) is 0 Å². The number of benzene rings is 3. The first-order chi connectivity index (χ1) is 18.3. The number of hydrogen-bond donors (Lipinski definition) is 2. The van der Waals surface area contributed by atoms with Crippen molar-refractivity contribution in [2.24, 2.45) is 0 Å². The smallest absolute Gasteiger partial charge is 0.336 e. The van der Waals surface area contributed by atoms with Gasteiger partial charge in [-0.1, -0.05) is 67.3 Å². The molecule has 0 radical (unpaired) electrons. The number of carbonyl (C=O) groups excluding carboxylic acids is 1. The normalized spacial score (nSPS) is 15.0. The van der Waals surface area contributed by atoms with Crippen LogP contribution < -0.4 is 5.32 Å². The number of carbonyl (C=O) groups is 2. The highest BCUT2D eigenvalue weighted by atomic mass is 19.1. The van der Waals surface area contributed by atoms with Crippen LogP contribution >= 0.6 is 0 Å². The van der Waals surface area contributed by atoms with Crippen LogP contribution in [0.2, 0.25) is 0 Å². The van der Waals surface area contributed by atoms with Crippen LogP contribution in [0.25, 0.3) is 11.1 Å². The van der Waals surface area contributed by atoms with Gasteiger partial charge in [-0.3, -0.25) is 4.79 Å². The summed E-state index contributed by atoms with van der Waals surface area (Å²) >= 11 is 0. The topological polar surface area (TPSA) is 69.6 Å². The van der Waals surface area contributed by atoms with E-state index in [1.165, 1.54) is 12.1 Å². The van der Waals surface area contributed by atoms with Crippen molar-refractivity contribution in [1.29, 1.82) is 0 Å². The van der Waals surface area contributed by atoms with Crippen LogP contribution in [0.1, 0.15) is 41.3 Å². The molecule has 3 aromatic carbocycles. The van der Waals surface area contributed by atoms with Crippen molar-refractivity contribution in [3.63, 3.8) is 0 Å². The first kappa shape index (κ1) is 26.6. The summed E-state index contributed by atoms with van der Waals surface area (Å²) in [5.41, 5.74) is 6.35. The quantitative estimate of drug-likeness (QED) is 0.340. The van der Waals surface area contributed by atoms with Crippen LogP contribution in [0.15, 0.2) is 108 Å². The number of rotatable bonds is 8. The van der Waals surface area contributed by atoms with E-state index in [0.717, 1.165) is 47.3 Å². The highest BCUT2D eigenvalue weighted by Gasteiger charge is 2.18. The molecule has 0 aliphatic carbocycles. The van der Waals surface area contributed by atoms with E-state index in [1.807, 2.05) is 48.6 Å². The van der Waals surface area contributed by atoms with Crippen molar-refractivity contribution in [2.75, 3.05) is 6.54 Å². The zero-order valence-corrected chi connectivity index (χ0v) is 21.4. The SMILES string of the molecule is C=C1CCCN(Cc2ccc(-c3ccccc3C(=O)O)cc2)/C1=C/C=C(\C)C(=O)NCc1ccc(F)cc1. The second-order valence-corrected chi connectivity index (χ2v) is 9.39. The van der Waals surface area contributed by atoms with Crippen LogP contribution in [0.4, 0.5) is 4.39 Å². The standard InChI is InChI=1S/C32H31FN2O3/c1-22-6-5-19-35(21-25-10-14-26(15-11-25)28-7-3-4-8-29(28)32(37)38)30(22)18-9-23(2)31(36)34-20-24-12-16-27(33)17-13-24/h3-4,7-18H,1,5-6,19-21H2,2H3,(H,34,36)(H,37,38)/b23-9+,30-18+. The average molecular weight is 511 g/mol. The number of likely N-dealkylation sites (tertiary alicyclic amines) is 1. The van der Waals surface area contributed by atoms with Crippen molar-refractivity contribution in [3.05, 3.63) is 131 Å². The largest absolute Gasteiger partial charge is 0.478 e. The van der Waals surface area contributed by atoms with E-state index in [2.05, 4.69) is 16.8 Å². The second kappa shape index (κ2) is 12.2. The second-order valence-electron chi connectivity index (χ2n) is 9.39. The van der Waals surface area contributed by atoms with Gasteiger partial charge in [0.2, 0.25) is 5.91 Å². The Balaban J connectivity index is 1.45. The fourth-order valence-corrected chi connectivity index (χ4v) is 4.48. The lowest BCUT2D eigenvalue weighted by molar-refractivity contribution is -0.117. The summed E-state index contributed by atoms with van der Waals surface area (Å²) in [4.78, 5) is 26.4. The molecule has 38 heavy (non-hydrogen) atoms. The monoisotopic (exact) mass is 510 g/mol. The van der Waals surface area contributed by atoms with Crippen molar-refractivity contribution in [1.82, 2.24) is 10.2 Å². The molecular formula is C32H31FN2O3. The average Bonchev–Trinajstić information content (AvgIpc) is 2.92. The van der Waals surface area contributed by atoms with E-state index in [9.17, 15) is 19.1 Å². The van der Waals surface area contributed by atoms with Gasteiger partial charge in [-0.25, -0.2) is 9.18 Å². The summed E-state index contributed by atoms with van der Waals surface area (Å²) in [6.07, 6.45) is 5.66. The van der Waals surface area contributed by atoms with Gasteiger partial charge in [0.1, 0.15) is 5.82 Å². The van der Waals surface area contributed by atoms with E-state index in [1.54, 1.807) is 31.2 Å². The van der Waals surface area contributed by atoms with Gasteiger partial charge in [0.05, 0.1) is 5.56 Å². The molecule has 194 valence electrons. The van der Waals surface area contributed by atoms with Crippen LogP contribution in [-0.2, 0) is 17.9 Å². The lowest BCUT2D eigenvalue weighted by Gasteiger charge is -2.33. The summed E-state index contributed by atoms with van der Waals surface area (Å²) in [5.74, 6) is -1.44. The Morgan fingerprint density at radius 1 is 1.03 bits per heavy atom. The molecule has 1 fully saturated rings.